The average Bonchev–Trinajstić information content (AvgIpc) is 2.79. The van der Waals surface area contributed by atoms with E-state index in [1.807, 2.05) is 25.2 Å². The largest absolute Gasteiger partial charge is 0.389 e. The van der Waals surface area contributed by atoms with Crippen molar-refractivity contribution in [1.29, 1.82) is 0 Å². The quantitative estimate of drug-likeness (QED) is 0.880. The molecule has 0 saturated carbocycles. The second kappa shape index (κ2) is 6.15. The molecule has 0 aromatic carbocycles. The highest BCUT2D eigenvalue weighted by Gasteiger charge is 2.22. The molecule has 0 amide bonds. The number of hydrogen-bond acceptors (Lipinski definition) is 4. The summed E-state index contributed by atoms with van der Waals surface area (Å²) in [5.74, 6) is 0. The van der Waals surface area contributed by atoms with Gasteiger partial charge in [-0.05, 0) is 31.7 Å². The van der Waals surface area contributed by atoms with Crippen molar-refractivity contribution >= 4 is 11.3 Å². The van der Waals surface area contributed by atoms with E-state index in [9.17, 15) is 5.11 Å². The molecule has 4 heteroatoms. The Labute approximate surface area is 114 Å². The van der Waals surface area contributed by atoms with E-state index in [0.29, 0.717) is 0 Å². The minimum absolute atomic E-state index is 0.570. The molecular weight excluding hydrogens is 244 g/mol. The van der Waals surface area contributed by atoms with Gasteiger partial charge in [-0.15, -0.1) is 11.3 Å². The fraction of sp³-hybridized carbons (Fsp3) is 0.714. The molecular formula is C14H24N2OS. The Kier molecular flexibility index (Phi) is 4.78. The first-order chi connectivity index (χ1) is 8.53. The van der Waals surface area contributed by atoms with Crippen molar-refractivity contribution in [2.24, 2.45) is 0 Å². The van der Waals surface area contributed by atoms with Crippen LogP contribution in [-0.2, 0) is 6.42 Å². The third kappa shape index (κ3) is 4.69. The van der Waals surface area contributed by atoms with Crippen LogP contribution in [0.3, 0.4) is 0 Å². The van der Waals surface area contributed by atoms with E-state index in [2.05, 4.69) is 27.3 Å². The van der Waals surface area contributed by atoms with Crippen LogP contribution in [0, 0.1) is 0 Å². The molecule has 1 aromatic rings. The van der Waals surface area contributed by atoms with Gasteiger partial charge < -0.3 is 10.0 Å². The Morgan fingerprint density at radius 2 is 1.89 bits per heavy atom. The lowest BCUT2D eigenvalue weighted by molar-refractivity contribution is 0.0180. The number of rotatable bonds is 5. The van der Waals surface area contributed by atoms with Crippen LogP contribution in [0.2, 0.25) is 0 Å². The van der Waals surface area contributed by atoms with Crippen molar-refractivity contribution in [2.75, 3.05) is 39.3 Å². The second-order valence-corrected chi connectivity index (χ2v) is 6.79. The molecule has 1 fully saturated rings. The van der Waals surface area contributed by atoms with Gasteiger partial charge in [-0.2, -0.15) is 0 Å². The van der Waals surface area contributed by atoms with E-state index < -0.39 is 5.60 Å². The highest BCUT2D eigenvalue weighted by atomic mass is 32.1. The third-order valence-corrected chi connectivity index (χ3v) is 4.27. The Morgan fingerprint density at radius 3 is 2.44 bits per heavy atom. The minimum atomic E-state index is -0.570. The monoisotopic (exact) mass is 268 g/mol. The summed E-state index contributed by atoms with van der Waals surface area (Å²) in [4.78, 5) is 6.37. The van der Waals surface area contributed by atoms with Gasteiger partial charge in [-0.25, -0.2) is 0 Å². The number of piperazine rings is 1. The van der Waals surface area contributed by atoms with Crippen LogP contribution in [0.25, 0.3) is 0 Å². The van der Waals surface area contributed by atoms with Gasteiger partial charge in [0.2, 0.25) is 0 Å². The van der Waals surface area contributed by atoms with E-state index in [-0.39, 0.29) is 0 Å². The normalized spacial score (nSPS) is 19.3. The van der Waals surface area contributed by atoms with E-state index >= 15 is 0 Å². The molecule has 1 aromatic heterocycles. The predicted molar refractivity (Wildman–Crippen MR) is 77.2 cm³/mol. The van der Waals surface area contributed by atoms with Crippen LogP contribution in [0.5, 0.6) is 0 Å². The standard InChI is InChI=1S/C14H24N2OS/c1-14(2,17)12-16-9-7-15(8-10-16)6-5-13-4-3-11-18-13/h3-4,11,17H,5-10,12H2,1-2H3. The maximum atomic E-state index is 9.81. The summed E-state index contributed by atoms with van der Waals surface area (Å²) in [6.07, 6.45) is 1.17. The lowest BCUT2D eigenvalue weighted by Crippen LogP contribution is -2.50. The number of nitrogens with zero attached hydrogens (tertiary/aromatic N) is 2. The Morgan fingerprint density at radius 1 is 1.22 bits per heavy atom. The van der Waals surface area contributed by atoms with E-state index in [4.69, 9.17) is 0 Å². The minimum Gasteiger partial charge on any atom is -0.389 e. The molecule has 3 nitrogen and oxygen atoms in total. The molecule has 0 aliphatic carbocycles. The molecule has 0 radical (unpaired) electrons. The number of thiophene rings is 1. The van der Waals surface area contributed by atoms with Crippen molar-refractivity contribution < 1.29 is 5.11 Å². The first kappa shape index (κ1) is 14.0. The van der Waals surface area contributed by atoms with Crippen molar-refractivity contribution in [3.63, 3.8) is 0 Å². The van der Waals surface area contributed by atoms with Crippen LogP contribution in [-0.4, -0.2) is 59.8 Å². The Hall–Kier alpha value is -0.420. The average molecular weight is 268 g/mol. The lowest BCUT2D eigenvalue weighted by Gasteiger charge is -2.37. The summed E-state index contributed by atoms with van der Waals surface area (Å²) in [6.45, 7) is 10.1. The molecule has 0 spiro atoms. The topological polar surface area (TPSA) is 26.7 Å². The van der Waals surface area contributed by atoms with E-state index in [1.54, 1.807) is 0 Å². The van der Waals surface area contributed by atoms with Crippen LogP contribution >= 0.6 is 11.3 Å². The van der Waals surface area contributed by atoms with Crippen molar-refractivity contribution in [1.82, 2.24) is 9.80 Å². The molecule has 1 aliphatic heterocycles. The van der Waals surface area contributed by atoms with Gasteiger partial charge >= 0.3 is 0 Å². The maximum Gasteiger partial charge on any atom is 0.0718 e. The molecule has 1 N–H and O–H groups in total. The van der Waals surface area contributed by atoms with Crippen molar-refractivity contribution in [3.05, 3.63) is 22.4 Å². The second-order valence-electron chi connectivity index (χ2n) is 5.76. The maximum absolute atomic E-state index is 9.81. The molecule has 0 atom stereocenters. The van der Waals surface area contributed by atoms with Gasteiger partial charge in [0.15, 0.2) is 0 Å². The van der Waals surface area contributed by atoms with Gasteiger partial charge in [-0.3, -0.25) is 4.90 Å². The van der Waals surface area contributed by atoms with Crippen molar-refractivity contribution in [2.45, 2.75) is 25.9 Å². The molecule has 1 saturated heterocycles. The van der Waals surface area contributed by atoms with Gasteiger partial charge in [0.1, 0.15) is 0 Å². The predicted octanol–water partition coefficient (Wildman–Crippen LogP) is 1.68. The SMILES string of the molecule is CC(C)(O)CN1CCN(CCc2cccs2)CC1. The number of hydrogen-bond donors (Lipinski definition) is 1. The number of β-amino-alcohol motifs (C(OH)–C–C–N with tert-alkyl or cyclic N) is 1. The van der Waals surface area contributed by atoms with E-state index in [1.165, 1.54) is 11.3 Å². The zero-order valence-corrected chi connectivity index (χ0v) is 12.2. The van der Waals surface area contributed by atoms with Crippen LogP contribution in [0.1, 0.15) is 18.7 Å². The summed E-state index contributed by atoms with van der Waals surface area (Å²) >= 11 is 1.85. The zero-order valence-electron chi connectivity index (χ0n) is 11.4. The lowest BCUT2D eigenvalue weighted by atomic mass is 10.1. The van der Waals surface area contributed by atoms with Crippen LogP contribution in [0.15, 0.2) is 17.5 Å². The van der Waals surface area contributed by atoms with Gasteiger partial charge in [-0.1, -0.05) is 6.07 Å². The molecule has 1 aliphatic rings. The number of aliphatic hydroxyl groups is 1. The highest BCUT2D eigenvalue weighted by molar-refractivity contribution is 7.09. The molecule has 2 rings (SSSR count). The summed E-state index contributed by atoms with van der Waals surface area (Å²) in [5, 5.41) is 12.0. The summed E-state index contributed by atoms with van der Waals surface area (Å²) in [6, 6.07) is 4.34. The molecule has 18 heavy (non-hydrogen) atoms. The summed E-state index contributed by atoms with van der Waals surface area (Å²) < 4.78 is 0. The summed E-state index contributed by atoms with van der Waals surface area (Å²) in [5.41, 5.74) is -0.570. The summed E-state index contributed by atoms with van der Waals surface area (Å²) in [7, 11) is 0. The molecule has 0 bridgehead atoms. The van der Waals surface area contributed by atoms with Gasteiger partial charge in [0.05, 0.1) is 5.60 Å². The molecule has 0 unspecified atom stereocenters. The first-order valence-electron chi connectivity index (χ1n) is 6.72. The fourth-order valence-electron chi connectivity index (χ4n) is 2.44. The molecule has 102 valence electrons. The Bertz CT molecular complexity index is 337. The fourth-order valence-corrected chi connectivity index (χ4v) is 3.14. The molecule has 2 heterocycles. The Balaban J connectivity index is 1.67. The third-order valence-electron chi connectivity index (χ3n) is 3.33. The smallest absolute Gasteiger partial charge is 0.0718 e. The highest BCUT2D eigenvalue weighted by Crippen LogP contribution is 2.12. The van der Waals surface area contributed by atoms with E-state index in [0.717, 1.165) is 39.3 Å². The van der Waals surface area contributed by atoms with Crippen molar-refractivity contribution in [3.8, 4) is 0 Å². The van der Waals surface area contributed by atoms with Crippen LogP contribution in [0.4, 0.5) is 0 Å². The van der Waals surface area contributed by atoms with Crippen LogP contribution < -0.4 is 0 Å². The zero-order chi connectivity index (χ0) is 13.0. The van der Waals surface area contributed by atoms with Gasteiger partial charge in [0, 0.05) is 44.1 Å². The van der Waals surface area contributed by atoms with Gasteiger partial charge in [0.25, 0.3) is 0 Å². The first-order valence-corrected chi connectivity index (χ1v) is 7.60.